The highest BCUT2D eigenvalue weighted by atomic mass is 35.5. The smallest absolute Gasteiger partial charge is 0.142 e. The van der Waals surface area contributed by atoms with E-state index < -0.39 is 17.7 Å². The Morgan fingerprint density at radius 2 is 1.80 bits per heavy atom. The number of hydrazine groups is 1. The molecule has 0 amide bonds. The van der Waals surface area contributed by atoms with Crippen molar-refractivity contribution < 1.29 is 8.78 Å². The quantitative estimate of drug-likeness (QED) is 0.501. The van der Waals surface area contributed by atoms with Crippen molar-refractivity contribution in [2.75, 3.05) is 0 Å². The molecule has 0 saturated heterocycles. The first-order chi connectivity index (χ1) is 9.61. The van der Waals surface area contributed by atoms with Gasteiger partial charge in [-0.15, -0.1) is 0 Å². The van der Waals surface area contributed by atoms with Crippen molar-refractivity contribution in [3.63, 3.8) is 0 Å². The summed E-state index contributed by atoms with van der Waals surface area (Å²) in [6.07, 6.45) is 1.26. The third-order valence-corrected chi connectivity index (χ3v) is 3.47. The van der Waals surface area contributed by atoms with E-state index in [2.05, 4.69) is 5.43 Å². The molecular weight excluding hydrogens is 282 g/mol. The summed E-state index contributed by atoms with van der Waals surface area (Å²) >= 11 is 5.54. The van der Waals surface area contributed by atoms with Crippen LogP contribution in [-0.2, 0) is 6.42 Å². The number of nitrogens with one attached hydrogen (secondary N) is 1. The molecule has 0 aliphatic heterocycles. The third-order valence-electron chi connectivity index (χ3n) is 3.18. The van der Waals surface area contributed by atoms with Crippen LogP contribution >= 0.6 is 11.6 Å². The van der Waals surface area contributed by atoms with Gasteiger partial charge in [0.15, 0.2) is 0 Å². The van der Waals surface area contributed by atoms with E-state index in [1.54, 1.807) is 0 Å². The minimum Gasteiger partial charge on any atom is -0.271 e. The highest BCUT2D eigenvalue weighted by Crippen LogP contribution is 2.26. The number of halogens is 3. The molecule has 0 aromatic heterocycles. The summed E-state index contributed by atoms with van der Waals surface area (Å²) in [5.74, 6) is 4.24. The van der Waals surface area contributed by atoms with Crippen molar-refractivity contribution in [3.8, 4) is 0 Å². The lowest BCUT2D eigenvalue weighted by Crippen LogP contribution is -2.29. The first-order valence-electron chi connectivity index (χ1n) is 6.26. The minimum atomic E-state index is -0.650. The summed E-state index contributed by atoms with van der Waals surface area (Å²) in [4.78, 5) is 0. The highest BCUT2D eigenvalue weighted by Gasteiger charge is 2.17. The van der Waals surface area contributed by atoms with E-state index in [1.165, 1.54) is 0 Å². The summed E-state index contributed by atoms with van der Waals surface area (Å²) in [7, 11) is 0. The zero-order valence-electron chi connectivity index (χ0n) is 10.7. The molecule has 2 aromatic carbocycles. The summed E-state index contributed by atoms with van der Waals surface area (Å²) in [6, 6.07) is 11.3. The Morgan fingerprint density at radius 1 is 1.10 bits per heavy atom. The van der Waals surface area contributed by atoms with Gasteiger partial charge in [-0.25, -0.2) is 8.78 Å². The monoisotopic (exact) mass is 296 g/mol. The lowest BCUT2D eigenvalue weighted by molar-refractivity contribution is 0.480. The van der Waals surface area contributed by atoms with Crippen molar-refractivity contribution >= 4 is 11.6 Å². The van der Waals surface area contributed by atoms with Gasteiger partial charge in [0, 0.05) is 11.6 Å². The van der Waals surface area contributed by atoms with Crippen molar-refractivity contribution in [1.82, 2.24) is 5.43 Å². The lowest BCUT2D eigenvalue weighted by Gasteiger charge is -2.17. The van der Waals surface area contributed by atoms with Crippen molar-refractivity contribution in [1.29, 1.82) is 0 Å². The van der Waals surface area contributed by atoms with Gasteiger partial charge < -0.3 is 0 Å². The third kappa shape index (κ3) is 3.54. The molecule has 0 radical (unpaired) electrons. The van der Waals surface area contributed by atoms with E-state index in [0.29, 0.717) is 12.8 Å². The number of hydrogen-bond acceptors (Lipinski definition) is 2. The molecular formula is C15H15ClF2N2. The first-order valence-corrected chi connectivity index (χ1v) is 6.64. The minimum absolute atomic E-state index is 0.185. The number of hydrogen-bond donors (Lipinski definition) is 2. The van der Waals surface area contributed by atoms with Crippen molar-refractivity contribution in [2.45, 2.75) is 18.9 Å². The van der Waals surface area contributed by atoms with Gasteiger partial charge in [0.05, 0.1) is 5.02 Å². The van der Waals surface area contributed by atoms with E-state index in [4.69, 9.17) is 17.4 Å². The summed E-state index contributed by atoms with van der Waals surface area (Å²) in [5.41, 5.74) is 3.83. The van der Waals surface area contributed by atoms with Crippen LogP contribution in [0.5, 0.6) is 0 Å². The molecule has 3 N–H and O–H groups in total. The predicted octanol–water partition coefficient (Wildman–Crippen LogP) is 3.76. The largest absolute Gasteiger partial charge is 0.271 e. The molecule has 1 unspecified atom stereocenters. The Labute approximate surface area is 121 Å². The van der Waals surface area contributed by atoms with Crippen molar-refractivity contribution in [3.05, 3.63) is 70.2 Å². The Hall–Kier alpha value is -1.49. The zero-order chi connectivity index (χ0) is 14.5. The fraction of sp³-hybridized carbons (Fsp3) is 0.200. The van der Waals surface area contributed by atoms with Crippen LogP contribution in [0.15, 0.2) is 42.5 Å². The van der Waals surface area contributed by atoms with E-state index >= 15 is 0 Å². The Balaban J connectivity index is 2.14. The van der Waals surface area contributed by atoms with Crippen LogP contribution in [0, 0.1) is 11.6 Å². The lowest BCUT2D eigenvalue weighted by atomic mass is 9.99. The number of benzene rings is 2. The number of nitrogens with two attached hydrogens (primary N) is 1. The van der Waals surface area contributed by atoms with Crippen LogP contribution in [0.1, 0.15) is 23.6 Å². The topological polar surface area (TPSA) is 38.0 Å². The molecule has 0 bridgehead atoms. The Kier molecular flexibility index (Phi) is 5.06. The summed E-state index contributed by atoms with van der Waals surface area (Å²) < 4.78 is 27.3. The van der Waals surface area contributed by atoms with Crippen LogP contribution in [0.3, 0.4) is 0 Å². The first kappa shape index (κ1) is 14.9. The highest BCUT2D eigenvalue weighted by molar-refractivity contribution is 6.30. The van der Waals surface area contributed by atoms with Crippen LogP contribution in [0.25, 0.3) is 0 Å². The zero-order valence-corrected chi connectivity index (χ0v) is 11.5. The maximum Gasteiger partial charge on any atom is 0.142 e. The average molecular weight is 297 g/mol. The van der Waals surface area contributed by atoms with Crippen LogP contribution < -0.4 is 11.3 Å². The second-order valence-electron chi connectivity index (χ2n) is 4.53. The molecule has 0 saturated carbocycles. The fourth-order valence-corrected chi connectivity index (χ4v) is 2.24. The maximum absolute atomic E-state index is 13.8. The fourth-order valence-electron chi connectivity index (χ4n) is 2.09. The molecule has 0 fully saturated rings. The van der Waals surface area contributed by atoms with Gasteiger partial charge in [-0.3, -0.25) is 11.3 Å². The van der Waals surface area contributed by atoms with E-state index in [-0.39, 0.29) is 10.6 Å². The van der Waals surface area contributed by atoms with Gasteiger partial charge in [0.25, 0.3) is 0 Å². The van der Waals surface area contributed by atoms with E-state index in [1.807, 2.05) is 30.3 Å². The van der Waals surface area contributed by atoms with Crippen molar-refractivity contribution in [2.24, 2.45) is 5.84 Å². The number of rotatable bonds is 5. The predicted molar refractivity (Wildman–Crippen MR) is 76.2 cm³/mol. The molecule has 1 atom stereocenters. The Morgan fingerprint density at radius 3 is 2.45 bits per heavy atom. The van der Waals surface area contributed by atoms with Crippen LogP contribution in [0.4, 0.5) is 8.78 Å². The molecule has 2 aromatic rings. The SMILES string of the molecule is NNC(CCc1ccccc1)c1cc(F)c(Cl)cc1F. The summed E-state index contributed by atoms with van der Waals surface area (Å²) in [5, 5.41) is -0.231. The van der Waals surface area contributed by atoms with E-state index in [9.17, 15) is 8.78 Å². The second-order valence-corrected chi connectivity index (χ2v) is 4.94. The van der Waals surface area contributed by atoms with Gasteiger partial charge >= 0.3 is 0 Å². The normalized spacial score (nSPS) is 12.4. The van der Waals surface area contributed by atoms with E-state index in [0.717, 1.165) is 17.7 Å². The van der Waals surface area contributed by atoms with Gasteiger partial charge in [-0.1, -0.05) is 41.9 Å². The molecule has 0 aliphatic rings. The molecule has 106 valence electrons. The average Bonchev–Trinajstić information content (AvgIpc) is 2.46. The molecule has 2 rings (SSSR count). The Bertz CT molecular complexity index is 576. The molecule has 0 spiro atoms. The summed E-state index contributed by atoms with van der Waals surface area (Å²) in [6.45, 7) is 0. The maximum atomic E-state index is 13.8. The second kappa shape index (κ2) is 6.79. The molecule has 0 heterocycles. The van der Waals surface area contributed by atoms with Crippen LogP contribution in [-0.4, -0.2) is 0 Å². The molecule has 5 heteroatoms. The molecule has 20 heavy (non-hydrogen) atoms. The van der Waals surface area contributed by atoms with Gasteiger partial charge in [0.2, 0.25) is 0 Å². The van der Waals surface area contributed by atoms with Gasteiger partial charge in [-0.05, 0) is 30.5 Å². The number of aryl methyl sites for hydroxylation is 1. The molecule has 2 nitrogen and oxygen atoms in total. The van der Waals surface area contributed by atoms with Crippen LogP contribution in [0.2, 0.25) is 5.02 Å². The van der Waals surface area contributed by atoms with Gasteiger partial charge in [0.1, 0.15) is 11.6 Å². The van der Waals surface area contributed by atoms with Gasteiger partial charge in [-0.2, -0.15) is 0 Å². The standard InChI is InChI=1S/C15H15ClF2N2/c16-12-9-13(17)11(8-14(12)18)15(20-19)7-6-10-4-2-1-3-5-10/h1-5,8-9,15,20H,6-7,19H2. The molecule has 0 aliphatic carbocycles.